The molecule has 0 saturated carbocycles. The standard InChI is InChI=1S/C30H59N3O7/c1-24(34)27(37)28(38)29(39)30(40)33-23-19-15-11-7-3-5-9-13-17-21-26(36)32-22-18-14-10-6-2-4-8-12-16-20-25(31)35/h24,27-29,34,37-39H,2-23H2,1H3,(H2,31,35)(H,32,36)(H,33,40)/t24-,27-,28+,29-/m1/s1. The molecule has 0 radical (unpaired) electrons. The third-order valence-electron chi connectivity index (χ3n) is 7.24. The summed E-state index contributed by atoms with van der Waals surface area (Å²) in [6.45, 7) is 2.42. The number of nitrogens with one attached hydrogen (secondary N) is 2. The van der Waals surface area contributed by atoms with Gasteiger partial charge in [-0.25, -0.2) is 0 Å². The summed E-state index contributed by atoms with van der Waals surface area (Å²) in [6, 6.07) is 0. The molecule has 0 bridgehead atoms. The Kier molecular flexibility index (Phi) is 25.0. The summed E-state index contributed by atoms with van der Waals surface area (Å²) in [7, 11) is 0. The highest BCUT2D eigenvalue weighted by Gasteiger charge is 2.32. The molecule has 8 N–H and O–H groups in total. The Hall–Kier alpha value is -1.75. The van der Waals surface area contributed by atoms with Crippen molar-refractivity contribution in [3.05, 3.63) is 0 Å². The average Bonchev–Trinajstić information content (AvgIpc) is 2.92. The summed E-state index contributed by atoms with van der Waals surface area (Å²) in [5.74, 6) is -0.803. The van der Waals surface area contributed by atoms with Gasteiger partial charge in [-0.3, -0.25) is 14.4 Å². The SMILES string of the molecule is C[C@@H](O)[C@@H](O)[C@H](O)[C@@H](O)C(=O)NCCCCCCCCCCCC(=O)NCCCCCCCCCCCC(N)=O. The van der Waals surface area contributed by atoms with Crippen LogP contribution in [0.5, 0.6) is 0 Å². The average molecular weight is 574 g/mol. The molecule has 40 heavy (non-hydrogen) atoms. The third kappa shape index (κ3) is 23.0. The summed E-state index contributed by atoms with van der Waals surface area (Å²) in [6.07, 6.45) is 14.4. The lowest BCUT2D eigenvalue weighted by Crippen LogP contribution is -2.50. The number of rotatable bonds is 28. The number of carbonyl (C=O) groups excluding carboxylic acids is 3. The lowest BCUT2D eigenvalue weighted by molar-refractivity contribution is -0.145. The molecule has 0 saturated heterocycles. The van der Waals surface area contributed by atoms with E-state index in [1.807, 2.05) is 0 Å². The molecular weight excluding hydrogens is 514 g/mol. The van der Waals surface area contributed by atoms with Gasteiger partial charge < -0.3 is 36.8 Å². The van der Waals surface area contributed by atoms with Crippen LogP contribution in [0.3, 0.4) is 0 Å². The van der Waals surface area contributed by atoms with Gasteiger partial charge in [-0.2, -0.15) is 0 Å². The Labute approximate surface area is 241 Å². The van der Waals surface area contributed by atoms with Crippen molar-refractivity contribution in [3.63, 3.8) is 0 Å². The quantitative estimate of drug-likeness (QED) is 0.0702. The molecule has 0 fully saturated rings. The molecule has 236 valence electrons. The van der Waals surface area contributed by atoms with Crippen molar-refractivity contribution in [2.45, 2.75) is 160 Å². The minimum Gasteiger partial charge on any atom is -0.391 e. The lowest BCUT2D eigenvalue weighted by Gasteiger charge is -2.24. The minimum atomic E-state index is -1.78. The second-order valence-corrected chi connectivity index (χ2v) is 11.1. The maximum atomic E-state index is 12.0. The number of aliphatic hydroxyl groups excluding tert-OH is 4. The second kappa shape index (κ2) is 26.2. The normalized spacial score (nSPS) is 14.3. The van der Waals surface area contributed by atoms with Gasteiger partial charge in [-0.1, -0.05) is 89.9 Å². The molecule has 0 spiro atoms. The summed E-state index contributed by atoms with van der Waals surface area (Å²) >= 11 is 0. The number of hydrogen-bond donors (Lipinski definition) is 7. The first kappa shape index (κ1) is 38.2. The fourth-order valence-corrected chi connectivity index (χ4v) is 4.57. The van der Waals surface area contributed by atoms with E-state index in [-0.39, 0.29) is 11.8 Å². The molecule has 0 aliphatic carbocycles. The highest BCUT2D eigenvalue weighted by Crippen LogP contribution is 2.12. The first-order chi connectivity index (χ1) is 19.2. The van der Waals surface area contributed by atoms with Crippen molar-refractivity contribution in [1.82, 2.24) is 10.6 Å². The second-order valence-electron chi connectivity index (χ2n) is 11.1. The van der Waals surface area contributed by atoms with Crippen LogP contribution in [0.2, 0.25) is 0 Å². The zero-order valence-electron chi connectivity index (χ0n) is 25.0. The summed E-state index contributed by atoms with van der Waals surface area (Å²) in [4.78, 5) is 34.5. The Morgan fingerprint density at radius 3 is 1.35 bits per heavy atom. The summed E-state index contributed by atoms with van der Waals surface area (Å²) < 4.78 is 0. The van der Waals surface area contributed by atoms with Gasteiger partial charge in [0.05, 0.1) is 6.10 Å². The van der Waals surface area contributed by atoms with E-state index in [0.29, 0.717) is 19.4 Å². The topological polar surface area (TPSA) is 182 Å². The van der Waals surface area contributed by atoms with Crippen LogP contribution in [0.25, 0.3) is 0 Å². The first-order valence-electron chi connectivity index (χ1n) is 15.7. The number of carbonyl (C=O) groups is 3. The molecule has 0 aromatic carbocycles. The largest absolute Gasteiger partial charge is 0.391 e. The van der Waals surface area contributed by atoms with Crippen LogP contribution in [0.4, 0.5) is 0 Å². The van der Waals surface area contributed by atoms with Crippen LogP contribution >= 0.6 is 0 Å². The van der Waals surface area contributed by atoms with Crippen molar-refractivity contribution in [2.24, 2.45) is 5.73 Å². The summed E-state index contributed by atoms with van der Waals surface area (Å²) in [5, 5.41) is 43.8. The van der Waals surface area contributed by atoms with Crippen molar-refractivity contribution < 1.29 is 34.8 Å². The smallest absolute Gasteiger partial charge is 0.251 e. The molecule has 3 amide bonds. The number of nitrogens with two attached hydrogens (primary N) is 1. The number of hydrogen-bond acceptors (Lipinski definition) is 7. The molecule has 4 atom stereocenters. The van der Waals surface area contributed by atoms with E-state index >= 15 is 0 Å². The van der Waals surface area contributed by atoms with Crippen molar-refractivity contribution >= 4 is 17.7 Å². The van der Waals surface area contributed by atoms with Crippen molar-refractivity contribution in [3.8, 4) is 0 Å². The highest BCUT2D eigenvalue weighted by atomic mass is 16.4. The minimum absolute atomic E-state index is 0.157. The van der Waals surface area contributed by atoms with Gasteiger partial charge in [-0.05, 0) is 32.6 Å². The van der Waals surface area contributed by atoms with E-state index in [4.69, 9.17) is 5.73 Å². The van der Waals surface area contributed by atoms with Crippen LogP contribution in [0, 0.1) is 0 Å². The zero-order valence-corrected chi connectivity index (χ0v) is 25.0. The van der Waals surface area contributed by atoms with Crippen LogP contribution in [0.15, 0.2) is 0 Å². The van der Waals surface area contributed by atoms with E-state index < -0.39 is 30.3 Å². The van der Waals surface area contributed by atoms with E-state index in [1.165, 1.54) is 39.0 Å². The fraction of sp³-hybridized carbons (Fsp3) is 0.900. The Balaban J connectivity index is 3.40. The van der Waals surface area contributed by atoms with Crippen molar-refractivity contribution in [1.29, 1.82) is 0 Å². The predicted octanol–water partition coefficient (Wildman–Crippen LogP) is 2.97. The molecule has 10 nitrogen and oxygen atoms in total. The Morgan fingerprint density at radius 1 is 0.550 bits per heavy atom. The number of amides is 3. The molecule has 0 rings (SSSR count). The third-order valence-corrected chi connectivity index (χ3v) is 7.24. The van der Waals surface area contributed by atoms with Gasteiger partial charge in [0, 0.05) is 25.9 Å². The number of primary amides is 1. The van der Waals surface area contributed by atoms with Gasteiger partial charge in [0.15, 0.2) is 6.10 Å². The van der Waals surface area contributed by atoms with Gasteiger partial charge >= 0.3 is 0 Å². The first-order valence-corrected chi connectivity index (χ1v) is 15.7. The van der Waals surface area contributed by atoms with E-state index in [0.717, 1.165) is 90.0 Å². The molecule has 0 aliphatic heterocycles. The van der Waals surface area contributed by atoms with Crippen LogP contribution in [0.1, 0.15) is 135 Å². The number of unbranched alkanes of at least 4 members (excludes halogenated alkanes) is 16. The van der Waals surface area contributed by atoms with Gasteiger partial charge in [-0.15, -0.1) is 0 Å². The molecule has 0 unspecified atom stereocenters. The zero-order chi connectivity index (χ0) is 30.0. The Morgan fingerprint density at radius 2 is 0.925 bits per heavy atom. The van der Waals surface area contributed by atoms with E-state index in [2.05, 4.69) is 10.6 Å². The fourth-order valence-electron chi connectivity index (χ4n) is 4.57. The number of aliphatic hydroxyl groups is 4. The molecule has 10 heteroatoms. The maximum Gasteiger partial charge on any atom is 0.251 e. The highest BCUT2D eigenvalue weighted by molar-refractivity contribution is 5.81. The van der Waals surface area contributed by atoms with Gasteiger partial charge in [0.25, 0.3) is 5.91 Å². The van der Waals surface area contributed by atoms with E-state index in [1.54, 1.807) is 0 Å². The van der Waals surface area contributed by atoms with Crippen LogP contribution in [-0.2, 0) is 14.4 Å². The van der Waals surface area contributed by atoms with E-state index in [9.17, 15) is 34.8 Å². The molecule has 0 aromatic heterocycles. The molecule has 0 aromatic rings. The molecule has 0 aliphatic rings. The van der Waals surface area contributed by atoms with Crippen LogP contribution in [-0.4, -0.2) is 75.7 Å². The van der Waals surface area contributed by atoms with Gasteiger partial charge in [0.2, 0.25) is 11.8 Å². The lowest BCUT2D eigenvalue weighted by atomic mass is 10.0. The van der Waals surface area contributed by atoms with Gasteiger partial charge in [0.1, 0.15) is 12.2 Å². The Bertz CT molecular complexity index is 649. The maximum absolute atomic E-state index is 12.0. The van der Waals surface area contributed by atoms with Crippen molar-refractivity contribution in [2.75, 3.05) is 13.1 Å². The molecular formula is C30H59N3O7. The molecule has 0 heterocycles. The monoisotopic (exact) mass is 573 g/mol. The van der Waals surface area contributed by atoms with Crippen LogP contribution < -0.4 is 16.4 Å². The predicted molar refractivity (Wildman–Crippen MR) is 157 cm³/mol. The summed E-state index contributed by atoms with van der Waals surface area (Å²) in [5.41, 5.74) is 5.13.